The van der Waals surface area contributed by atoms with Gasteiger partial charge >= 0.3 is 0 Å². The maximum atomic E-state index is 5.59. The van der Waals surface area contributed by atoms with Gasteiger partial charge in [0.2, 0.25) is 0 Å². The number of methoxy groups -OCH3 is 1. The molecule has 1 aromatic carbocycles. The normalized spacial score (nSPS) is 22.2. The summed E-state index contributed by atoms with van der Waals surface area (Å²) in [6, 6.07) is 11.3. The second-order valence-corrected chi connectivity index (χ2v) is 7.05. The van der Waals surface area contributed by atoms with Crippen LogP contribution in [0.25, 0.3) is 0 Å². The molecule has 0 aliphatic carbocycles. The van der Waals surface area contributed by atoms with E-state index in [1.54, 1.807) is 0 Å². The van der Waals surface area contributed by atoms with E-state index in [4.69, 9.17) is 4.74 Å². The zero-order valence-electron chi connectivity index (χ0n) is 13.9. The van der Waals surface area contributed by atoms with Gasteiger partial charge in [0.25, 0.3) is 0 Å². The van der Waals surface area contributed by atoms with E-state index < -0.39 is 0 Å². The molecule has 3 heteroatoms. The van der Waals surface area contributed by atoms with E-state index in [9.17, 15) is 0 Å². The molecule has 0 spiro atoms. The summed E-state index contributed by atoms with van der Waals surface area (Å²) in [5.74, 6) is 0. The number of piperidine rings is 1. The molecule has 1 heterocycles. The van der Waals surface area contributed by atoms with Crippen molar-refractivity contribution in [3.63, 3.8) is 0 Å². The van der Waals surface area contributed by atoms with Gasteiger partial charge in [-0.2, -0.15) is 0 Å². The molecule has 2 atom stereocenters. The van der Waals surface area contributed by atoms with Crippen molar-refractivity contribution in [2.45, 2.75) is 51.3 Å². The fraction of sp³-hybridized carbons (Fsp3) is 0.667. The van der Waals surface area contributed by atoms with E-state index in [0.29, 0.717) is 12.1 Å². The molecule has 0 aromatic heterocycles. The smallest absolute Gasteiger partial charge is 0.0698 e. The van der Waals surface area contributed by atoms with Gasteiger partial charge in [0.1, 0.15) is 0 Å². The Hall–Kier alpha value is -0.900. The highest BCUT2D eigenvalue weighted by molar-refractivity contribution is 5.20. The summed E-state index contributed by atoms with van der Waals surface area (Å²) in [4.78, 5) is 2.58. The number of likely N-dealkylation sites (tertiary alicyclic amines) is 1. The van der Waals surface area contributed by atoms with Gasteiger partial charge in [0, 0.05) is 31.8 Å². The lowest BCUT2D eigenvalue weighted by Gasteiger charge is -2.39. The average molecular weight is 290 g/mol. The summed E-state index contributed by atoms with van der Waals surface area (Å²) < 4.78 is 5.59. The fourth-order valence-electron chi connectivity index (χ4n) is 2.98. The number of nitrogens with zero attached hydrogens (tertiary/aromatic N) is 1. The maximum Gasteiger partial charge on any atom is 0.0698 e. The molecule has 1 N–H and O–H groups in total. The third-order valence-corrected chi connectivity index (χ3v) is 4.19. The predicted molar refractivity (Wildman–Crippen MR) is 88.5 cm³/mol. The first kappa shape index (κ1) is 16.5. The van der Waals surface area contributed by atoms with Crippen LogP contribution in [0.2, 0.25) is 0 Å². The summed E-state index contributed by atoms with van der Waals surface area (Å²) in [5.41, 5.74) is 1.54. The van der Waals surface area contributed by atoms with Crippen LogP contribution < -0.4 is 5.32 Å². The van der Waals surface area contributed by atoms with Crippen molar-refractivity contribution in [1.29, 1.82) is 0 Å². The zero-order valence-corrected chi connectivity index (χ0v) is 13.9. The monoisotopic (exact) mass is 290 g/mol. The second-order valence-electron chi connectivity index (χ2n) is 7.05. The molecule has 1 aliphatic heterocycles. The van der Waals surface area contributed by atoms with Crippen LogP contribution in [0.3, 0.4) is 0 Å². The molecule has 21 heavy (non-hydrogen) atoms. The van der Waals surface area contributed by atoms with Crippen molar-refractivity contribution in [3.05, 3.63) is 35.9 Å². The van der Waals surface area contributed by atoms with E-state index in [0.717, 1.165) is 19.6 Å². The van der Waals surface area contributed by atoms with Crippen molar-refractivity contribution < 1.29 is 4.74 Å². The number of rotatable bonds is 5. The maximum absolute atomic E-state index is 5.59. The van der Waals surface area contributed by atoms with Crippen molar-refractivity contribution in [3.8, 4) is 0 Å². The van der Waals surface area contributed by atoms with E-state index in [1.165, 1.54) is 18.4 Å². The van der Waals surface area contributed by atoms with Gasteiger partial charge in [0.05, 0.1) is 6.10 Å². The first-order valence-corrected chi connectivity index (χ1v) is 8.06. The molecule has 118 valence electrons. The average Bonchev–Trinajstić information content (AvgIpc) is 2.48. The summed E-state index contributed by atoms with van der Waals surface area (Å²) in [5, 5.41) is 3.67. The van der Waals surface area contributed by atoms with Gasteiger partial charge < -0.3 is 10.1 Å². The Morgan fingerprint density at radius 3 is 2.62 bits per heavy atom. The van der Waals surface area contributed by atoms with Gasteiger partial charge in [-0.1, -0.05) is 30.3 Å². The Morgan fingerprint density at radius 2 is 2.00 bits per heavy atom. The zero-order chi connectivity index (χ0) is 15.3. The molecule has 1 saturated heterocycles. The lowest BCUT2D eigenvalue weighted by molar-refractivity contribution is 0.0131. The Kier molecular flexibility index (Phi) is 5.80. The Morgan fingerprint density at radius 1 is 1.29 bits per heavy atom. The largest absolute Gasteiger partial charge is 0.380 e. The first-order valence-electron chi connectivity index (χ1n) is 8.06. The molecule has 0 radical (unpaired) electrons. The van der Waals surface area contributed by atoms with Crippen LogP contribution >= 0.6 is 0 Å². The Balaban J connectivity index is 2.11. The van der Waals surface area contributed by atoms with Gasteiger partial charge in [-0.15, -0.1) is 0 Å². The highest BCUT2D eigenvalue weighted by Crippen LogP contribution is 2.25. The van der Waals surface area contributed by atoms with Crippen molar-refractivity contribution in [2.24, 2.45) is 0 Å². The minimum atomic E-state index is 0.142. The number of hydrogen-bond donors (Lipinski definition) is 1. The molecule has 2 unspecified atom stereocenters. The molecule has 0 saturated carbocycles. The third-order valence-electron chi connectivity index (χ3n) is 4.19. The standard InChI is InChI=1S/C18H30N2O/c1-18(2,3)19-13-17(15-9-6-5-7-10-15)20-12-8-11-16(14-20)21-4/h5-7,9-10,16-17,19H,8,11-14H2,1-4H3. The van der Waals surface area contributed by atoms with Gasteiger partial charge in [-0.25, -0.2) is 0 Å². The Bertz CT molecular complexity index is 413. The van der Waals surface area contributed by atoms with E-state index in [1.807, 2.05) is 7.11 Å². The summed E-state index contributed by atoms with van der Waals surface area (Å²) >= 11 is 0. The second kappa shape index (κ2) is 7.39. The third kappa shape index (κ3) is 5.10. The first-order chi connectivity index (χ1) is 9.99. The van der Waals surface area contributed by atoms with Gasteiger partial charge in [-0.3, -0.25) is 4.90 Å². The highest BCUT2D eigenvalue weighted by Gasteiger charge is 2.27. The van der Waals surface area contributed by atoms with Crippen molar-refractivity contribution in [1.82, 2.24) is 10.2 Å². The van der Waals surface area contributed by atoms with Crippen molar-refractivity contribution in [2.75, 3.05) is 26.7 Å². The van der Waals surface area contributed by atoms with Gasteiger partial charge in [-0.05, 0) is 45.7 Å². The quantitative estimate of drug-likeness (QED) is 0.901. The van der Waals surface area contributed by atoms with E-state index in [2.05, 4.69) is 61.3 Å². The molecular formula is C18H30N2O. The topological polar surface area (TPSA) is 24.5 Å². The fourth-order valence-corrected chi connectivity index (χ4v) is 2.98. The minimum absolute atomic E-state index is 0.142. The van der Waals surface area contributed by atoms with Crippen LogP contribution in [0.1, 0.15) is 45.2 Å². The van der Waals surface area contributed by atoms with Crippen LogP contribution in [-0.4, -0.2) is 43.3 Å². The van der Waals surface area contributed by atoms with Crippen LogP contribution in [-0.2, 0) is 4.74 Å². The van der Waals surface area contributed by atoms with E-state index >= 15 is 0 Å². The van der Waals surface area contributed by atoms with Gasteiger partial charge in [0.15, 0.2) is 0 Å². The number of hydrogen-bond acceptors (Lipinski definition) is 3. The van der Waals surface area contributed by atoms with Crippen molar-refractivity contribution >= 4 is 0 Å². The number of nitrogens with one attached hydrogen (secondary N) is 1. The minimum Gasteiger partial charge on any atom is -0.380 e. The molecule has 0 bridgehead atoms. The SMILES string of the molecule is COC1CCCN(C(CNC(C)(C)C)c2ccccc2)C1. The number of ether oxygens (including phenoxy) is 1. The van der Waals surface area contributed by atoms with Crippen LogP contribution in [0.4, 0.5) is 0 Å². The summed E-state index contributed by atoms with van der Waals surface area (Å²) in [6.07, 6.45) is 2.78. The molecule has 1 aliphatic rings. The predicted octanol–water partition coefficient (Wildman–Crippen LogP) is 3.23. The van der Waals surface area contributed by atoms with Crippen LogP contribution in [0.5, 0.6) is 0 Å². The number of benzene rings is 1. The molecule has 0 amide bonds. The molecule has 1 fully saturated rings. The lowest BCUT2D eigenvalue weighted by atomic mass is 9.99. The summed E-state index contributed by atoms with van der Waals surface area (Å²) in [6.45, 7) is 9.84. The van der Waals surface area contributed by atoms with Crippen LogP contribution in [0.15, 0.2) is 30.3 Å². The molecule has 2 rings (SSSR count). The molecular weight excluding hydrogens is 260 g/mol. The molecule has 3 nitrogen and oxygen atoms in total. The summed E-state index contributed by atoms with van der Waals surface area (Å²) in [7, 11) is 1.83. The van der Waals surface area contributed by atoms with E-state index in [-0.39, 0.29) is 5.54 Å². The highest BCUT2D eigenvalue weighted by atomic mass is 16.5. The lowest BCUT2D eigenvalue weighted by Crippen LogP contribution is -2.47. The Labute approximate surface area is 129 Å². The molecule has 1 aromatic rings. The van der Waals surface area contributed by atoms with Crippen LogP contribution in [0, 0.1) is 0 Å².